The lowest BCUT2D eigenvalue weighted by Crippen LogP contribution is -2.36. The summed E-state index contributed by atoms with van der Waals surface area (Å²) in [6, 6.07) is 4.02. The highest BCUT2D eigenvalue weighted by Crippen LogP contribution is 2.28. The van der Waals surface area contributed by atoms with Gasteiger partial charge in [0.25, 0.3) is 0 Å². The van der Waals surface area contributed by atoms with Crippen molar-refractivity contribution >= 4 is 0 Å². The standard InChI is InChI=1S/C14H19F2NO/c1-14(4-6-18-7-5-14)10-17-9-11-2-3-12(15)13(16)8-11/h2-3,8,17H,4-7,9-10H2,1H3. The van der Waals surface area contributed by atoms with Crippen LogP contribution in [0.25, 0.3) is 0 Å². The molecule has 0 radical (unpaired) electrons. The Kier molecular flexibility index (Phi) is 4.30. The minimum Gasteiger partial charge on any atom is -0.381 e. The molecule has 1 heterocycles. The van der Waals surface area contributed by atoms with Crippen LogP contribution >= 0.6 is 0 Å². The molecule has 1 aromatic rings. The van der Waals surface area contributed by atoms with Crippen molar-refractivity contribution in [1.82, 2.24) is 5.32 Å². The van der Waals surface area contributed by atoms with Crippen molar-refractivity contribution in [3.63, 3.8) is 0 Å². The SMILES string of the molecule is CC1(CNCc2ccc(F)c(F)c2)CCOCC1. The van der Waals surface area contributed by atoms with Gasteiger partial charge in [-0.3, -0.25) is 0 Å². The minimum absolute atomic E-state index is 0.247. The molecule has 1 aliphatic rings. The topological polar surface area (TPSA) is 21.3 Å². The molecule has 0 aromatic heterocycles. The Balaban J connectivity index is 1.82. The average Bonchev–Trinajstić information content (AvgIpc) is 2.34. The predicted molar refractivity (Wildman–Crippen MR) is 66.2 cm³/mol. The van der Waals surface area contributed by atoms with E-state index in [4.69, 9.17) is 4.74 Å². The van der Waals surface area contributed by atoms with E-state index in [0.717, 1.165) is 38.2 Å². The Morgan fingerprint density at radius 2 is 1.94 bits per heavy atom. The Morgan fingerprint density at radius 1 is 1.22 bits per heavy atom. The molecule has 0 unspecified atom stereocenters. The molecule has 0 saturated carbocycles. The predicted octanol–water partition coefficient (Wildman–Crippen LogP) is 2.87. The van der Waals surface area contributed by atoms with Gasteiger partial charge in [-0.05, 0) is 36.0 Å². The molecule has 1 N–H and O–H groups in total. The van der Waals surface area contributed by atoms with Crippen molar-refractivity contribution in [3.05, 3.63) is 35.4 Å². The molecule has 1 saturated heterocycles. The maximum Gasteiger partial charge on any atom is 0.159 e. The van der Waals surface area contributed by atoms with Crippen molar-refractivity contribution in [2.24, 2.45) is 5.41 Å². The van der Waals surface area contributed by atoms with Gasteiger partial charge in [0.05, 0.1) is 0 Å². The lowest BCUT2D eigenvalue weighted by molar-refractivity contribution is 0.0240. The minimum atomic E-state index is -0.796. The van der Waals surface area contributed by atoms with E-state index in [0.29, 0.717) is 6.54 Å². The van der Waals surface area contributed by atoms with Gasteiger partial charge < -0.3 is 10.1 Å². The fourth-order valence-corrected chi connectivity index (χ4v) is 2.20. The normalized spacial score (nSPS) is 18.8. The van der Waals surface area contributed by atoms with Gasteiger partial charge in [0.1, 0.15) is 0 Å². The number of ether oxygens (including phenoxy) is 1. The molecular formula is C14H19F2NO. The summed E-state index contributed by atoms with van der Waals surface area (Å²) in [4.78, 5) is 0. The number of halogens is 2. The number of hydrogen-bond acceptors (Lipinski definition) is 2. The van der Waals surface area contributed by atoms with Gasteiger partial charge in [0.2, 0.25) is 0 Å². The number of nitrogens with one attached hydrogen (secondary N) is 1. The van der Waals surface area contributed by atoms with Crippen LogP contribution < -0.4 is 5.32 Å². The fourth-order valence-electron chi connectivity index (χ4n) is 2.20. The van der Waals surface area contributed by atoms with Crippen molar-refractivity contribution in [2.75, 3.05) is 19.8 Å². The Bertz CT molecular complexity index is 403. The lowest BCUT2D eigenvalue weighted by Gasteiger charge is -2.33. The van der Waals surface area contributed by atoms with E-state index in [1.807, 2.05) is 0 Å². The molecule has 18 heavy (non-hydrogen) atoms. The summed E-state index contributed by atoms with van der Waals surface area (Å²) >= 11 is 0. The first-order valence-electron chi connectivity index (χ1n) is 6.31. The van der Waals surface area contributed by atoms with Crippen molar-refractivity contribution < 1.29 is 13.5 Å². The molecule has 0 amide bonds. The summed E-state index contributed by atoms with van der Waals surface area (Å²) < 4.78 is 31.1. The van der Waals surface area contributed by atoms with E-state index in [1.165, 1.54) is 12.1 Å². The first-order chi connectivity index (χ1) is 8.59. The summed E-state index contributed by atoms with van der Waals surface area (Å²) in [5, 5.41) is 3.31. The van der Waals surface area contributed by atoms with Gasteiger partial charge in [-0.25, -0.2) is 8.78 Å². The Hall–Kier alpha value is -1.00. The van der Waals surface area contributed by atoms with E-state index in [9.17, 15) is 8.78 Å². The average molecular weight is 255 g/mol. The quantitative estimate of drug-likeness (QED) is 0.893. The van der Waals surface area contributed by atoms with Gasteiger partial charge in [0.15, 0.2) is 11.6 Å². The second kappa shape index (κ2) is 5.76. The molecule has 4 heteroatoms. The molecular weight excluding hydrogens is 236 g/mol. The van der Waals surface area contributed by atoms with Crippen LogP contribution in [0.3, 0.4) is 0 Å². The molecule has 1 aromatic carbocycles. The van der Waals surface area contributed by atoms with Gasteiger partial charge in [-0.15, -0.1) is 0 Å². The molecule has 2 nitrogen and oxygen atoms in total. The van der Waals surface area contributed by atoms with Crippen LogP contribution in [0.2, 0.25) is 0 Å². The highest BCUT2D eigenvalue weighted by atomic mass is 19.2. The smallest absolute Gasteiger partial charge is 0.159 e. The third-order valence-corrected chi connectivity index (χ3v) is 3.56. The number of benzene rings is 1. The summed E-state index contributed by atoms with van der Waals surface area (Å²) in [6.07, 6.45) is 2.08. The van der Waals surface area contributed by atoms with Crippen molar-refractivity contribution in [1.29, 1.82) is 0 Å². The van der Waals surface area contributed by atoms with E-state index in [2.05, 4.69) is 12.2 Å². The van der Waals surface area contributed by atoms with E-state index < -0.39 is 11.6 Å². The molecule has 1 aliphatic heterocycles. The first-order valence-corrected chi connectivity index (χ1v) is 6.31. The summed E-state index contributed by atoms with van der Waals surface area (Å²) in [6.45, 7) is 5.28. The van der Waals surface area contributed by atoms with Crippen LogP contribution in [-0.4, -0.2) is 19.8 Å². The van der Waals surface area contributed by atoms with Crippen LogP contribution in [0.1, 0.15) is 25.3 Å². The molecule has 0 aliphatic carbocycles. The molecule has 1 fully saturated rings. The third-order valence-electron chi connectivity index (χ3n) is 3.56. The van der Waals surface area contributed by atoms with Crippen LogP contribution in [0.15, 0.2) is 18.2 Å². The fraction of sp³-hybridized carbons (Fsp3) is 0.571. The summed E-state index contributed by atoms with van der Waals surface area (Å²) in [7, 11) is 0. The summed E-state index contributed by atoms with van der Waals surface area (Å²) in [5.41, 5.74) is 1.01. The van der Waals surface area contributed by atoms with Crippen molar-refractivity contribution in [3.8, 4) is 0 Å². The van der Waals surface area contributed by atoms with Gasteiger partial charge in [-0.2, -0.15) is 0 Å². The lowest BCUT2D eigenvalue weighted by atomic mass is 9.82. The zero-order valence-electron chi connectivity index (χ0n) is 10.6. The molecule has 2 rings (SSSR count). The maximum absolute atomic E-state index is 13.0. The number of hydrogen-bond donors (Lipinski definition) is 1. The molecule has 100 valence electrons. The zero-order chi connectivity index (χ0) is 13.0. The highest BCUT2D eigenvalue weighted by molar-refractivity contribution is 5.17. The molecule has 0 atom stereocenters. The van der Waals surface area contributed by atoms with Crippen LogP contribution in [0.5, 0.6) is 0 Å². The monoisotopic (exact) mass is 255 g/mol. The third kappa shape index (κ3) is 3.50. The Labute approximate surface area is 106 Å². The molecule has 0 bridgehead atoms. The van der Waals surface area contributed by atoms with Crippen LogP contribution in [0.4, 0.5) is 8.78 Å². The Morgan fingerprint density at radius 3 is 2.61 bits per heavy atom. The van der Waals surface area contributed by atoms with E-state index in [1.54, 1.807) is 6.07 Å². The maximum atomic E-state index is 13.0. The number of rotatable bonds is 4. The van der Waals surface area contributed by atoms with Crippen LogP contribution in [-0.2, 0) is 11.3 Å². The second-order valence-corrected chi connectivity index (χ2v) is 5.28. The van der Waals surface area contributed by atoms with E-state index in [-0.39, 0.29) is 5.41 Å². The van der Waals surface area contributed by atoms with E-state index >= 15 is 0 Å². The van der Waals surface area contributed by atoms with Gasteiger partial charge in [0, 0.05) is 26.3 Å². The first kappa shape index (κ1) is 13.4. The van der Waals surface area contributed by atoms with Gasteiger partial charge in [-0.1, -0.05) is 13.0 Å². The van der Waals surface area contributed by atoms with Crippen LogP contribution in [0, 0.1) is 17.0 Å². The zero-order valence-corrected chi connectivity index (χ0v) is 10.6. The summed E-state index contributed by atoms with van der Waals surface area (Å²) in [5.74, 6) is -1.58. The highest BCUT2D eigenvalue weighted by Gasteiger charge is 2.26. The molecule has 0 spiro atoms. The van der Waals surface area contributed by atoms with Crippen molar-refractivity contribution in [2.45, 2.75) is 26.3 Å². The second-order valence-electron chi connectivity index (χ2n) is 5.28. The van der Waals surface area contributed by atoms with Gasteiger partial charge >= 0.3 is 0 Å². The largest absolute Gasteiger partial charge is 0.381 e.